The molecule has 0 spiro atoms. The van der Waals surface area contributed by atoms with Gasteiger partial charge in [-0.25, -0.2) is 13.6 Å². The van der Waals surface area contributed by atoms with E-state index in [1.807, 2.05) is 0 Å². The quantitative estimate of drug-likeness (QED) is 0.782. The summed E-state index contributed by atoms with van der Waals surface area (Å²) in [5.41, 5.74) is -0.499. The third-order valence-electron chi connectivity index (χ3n) is 3.21. The van der Waals surface area contributed by atoms with E-state index in [2.05, 4.69) is 5.32 Å². The van der Waals surface area contributed by atoms with E-state index in [-0.39, 0.29) is 12.0 Å². The number of carboxylic acids is 1. The first-order valence-electron chi connectivity index (χ1n) is 7.69. The molecule has 140 valence electrons. The van der Waals surface area contributed by atoms with Gasteiger partial charge >= 0.3 is 12.1 Å². The predicted octanol–water partition coefficient (Wildman–Crippen LogP) is 2.89. The number of carbonyl (C=O) groups is 2. The van der Waals surface area contributed by atoms with Crippen LogP contribution in [0.5, 0.6) is 0 Å². The number of nitrogens with one attached hydrogen (secondary N) is 1. The zero-order valence-corrected chi connectivity index (χ0v) is 14.6. The lowest BCUT2D eigenvalue weighted by Crippen LogP contribution is -2.48. The molecule has 0 radical (unpaired) electrons. The number of rotatable bonds is 7. The molecule has 0 aliphatic rings. The maximum absolute atomic E-state index is 13.4. The van der Waals surface area contributed by atoms with E-state index in [0.29, 0.717) is 0 Å². The van der Waals surface area contributed by atoms with Gasteiger partial charge < -0.3 is 19.9 Å². The normalized spacial score (nSPS) is 13.8. The van der Waals surface area contributed by atoms with E-state index < -0.39 is 47.9 Å². The summed E-state index contributed by atoms with van der Waals surface area (Å²) in [7, 11) is 1.30. The summed E-state index contributed by atoms with van der Waals surface area (Å²) >= 11 is 0. The minimum absolute atomic E-state index is 0.0281. The molecule has 0 fully saturated rings. The molecule has 0 bridgehead atoms. The Morgan fingerprint density at radius 3 is 2.20 bits per heavy atom. The summed E-state index contributed by atoms with van der Waals surface area (Å²) in [4.78, 5) is 23.0. The Morgan fingerprint density at radius 1 is 1.20 bits per heavy atom. The number of alkyl carbamates (subject to hydrolysis) is 1. The molecule has 25 heavy (non-hydrogen) atoms. The highest BCUT2D eigenvalue weighted by molar-refractivity contribution is 5.69. The first-order chi connectivity index (χ1) is 11.5. The minimum atomic E-state index is -1.13. The van der Waals surface area contributed by atoms with Crippen LogP contribution in [0.3, 0.4) is 0 Å². The number of ether oxygens (including phenoxy) is 2. The van der Waals surface area contributed by atoms with Crippen LogP contribution in [-0.2, 0) is 20.7 Å². The standard InChI is InChI=1S/C17H23F2NO5/c1-17(2,3)25-16(23)20-13(14(24-4)9-15(21)22)7-10-5-11(18)8-12(19)6-10/h5-6,8,13-14H,7,9H2,1-4H3,(H,20,23)(H,21,22)/t13-,14+/m0/s1. The van der Waals surface area contributed by atoms with Gasteiger partial charge in [0.1, 0.15) is 17.2 Å². The average molecular weight is 359 g/mol. The topological polar surface area (TPSA) is 84.9 Å². The Labute approximate surface area is 145 Å². The highest BCUT2D eigenvalue weighted by Gasteiger charge is 2.28. The fraction of sp³-hybridized carbons (Fsp3) is 0.529. The van der Waals surface area contributed by atoms with Crippen LogP contribution in [0.4, 0.5) is 13.6 Å². The van der Waals surface area contributed by atoms with Crippen molar-refractivity contribution in [2.75, 3.05) is 7.11 Å². The largest absolute Gasteiger partial charge is 0.481 e. The van der Waals surface area contributed by atoms with Gasteiger partial charge in [0, 0.05) is 13.2 Å². The number of carboxylic acid groups (broad SMARTS) is 1. The second-order valence-corrected chi connectivity index (χ2v) is 6.61. The molecule has 1 aromatic carbocycles. The predicted molar refractivity (Wildman–Crippen MR) is 86.3 cm³/mol. The Morgan fingerprint density at radius 2 is 1.76 bits per heavy atom. The maximum Gasteiger partial charge on any atom is 0.407 e. The van der Waals surface area contributed by atoms with Crippen LogP contribution < -0.4 is 5.32 Å². The third kappa shape index (κ3) is 7.93. The van der Waals surface area contributed by atoms with E-state index in [4.69, 9.17) is 14.6 Å². The second kappa shape index (κ2) is 8.75. The molecule has 0 aromatic heterocycles. The van der Waals surface area contributed by atoms with Crippen molar-refractivity contribution in [2.24, 2.45) is 0 Å². The minimum Gasteiger partial charge on any atom is -0.481 e. The van der Waals surface area contributed by atoms with Gasteiger partial charge in [0.2, 0.25) is 0 Å². The van der Waals surface area contributed by atoms with Crippen LogP contribution in [0.25, 0.3) is 0 Å². The highest BCUT2D eigenvalue weighted by Crippen LogP contribution is 2.16. The SMILES string of the molecule is CO[C@H](CC(=O)O)[C@H](Cc1cc(F)cc(F)c1)NC(=O)OC(C)(C)C. The van der Waals surface area contributed by atoms with Gasteiger partial charge in [0.25, 0.3) is 0 Å². The van der Waals surface area contributed by atoms with Gasteiger partial charge in [0.05, 0.1) is 18.6 Å². The zero-order valence-electron chi connectivity index (χ0n) is 14.6. The lowest BCUT2D eigenvalue weighted by atomic mass is 9.99. The third-order valence-corrected chi connectivity index (χ3v) is 3.21. The summed E-state index contributed by atoms with van der Waals surface area (Å²) in [6.07, 6.45) is -2.10. The van der Waals surface area contributed by atoms with Crippen molar-refractivity contribution in [3.8, 4) is 0 Å². The van der Waals surface area contributed by atoms with Crippen molar-refractivity contribution in [1.82, 2.24) is 5.32 Å². The highest BCUT2D eigenvalue weighted by atomic mass is 19.1. The van der Waals surface area contributed by atoms with Crippen molar-refractivity contribution < 1.29 is 33.0 Å². The molecule has 6 nitrogen and oxygen atoms in total. The molecule has 1 rings (SSSR count). The molecule has 0 aliphatic heterocycles. The maximum atomic E-state index is 13.4. The van der Waals surface area contributed by atoms with Crippen LogP contribution >= 0.6 is 0 Å². The van der Waals surface area contributed by atoms with E-state index in [1.54, 1.807) is 20.8 Å². The Bertz CT molecular complexity index is 595. The van der Waals surface area contributed by atoms with Crippen LogP contribution in [0.1, 0.15) is 32.8 Å². The Kier molecular flexibility index (Phi) is 7.29. The number of methoxy groups -OCH3 is 1. The average Bonchev–Trinajstić information content (AvgIpc) is 2.40. The molecular formula is C17H23F2NO5. The Hall–Kier alpha value is -2.22. The summed E-state index contributed by atoms with van der Waals surface area (Å²) in [6.45, 7) is 5.03. The number of amides is 1. The first-order valence-corrected chi connectivity index (χ1v) is 7.69. The van der Waals surface area contributed by atoms with Crippen molar-refractivity contribution in [2.45, 2.75) is 51.4 Å². The number of hydrogen-bond donors (Lipinski definition) is 2. The molecule has 0 aliphatic carbocycles. The lowest BCUT2D eigenvalue weighted by molar-refractivity contribution is -0.140. The number of hydrogen-bond acceptors (Lipinski definition) is 4. The molecule has 0 unspecified atom stereocenters. The summed E-state index contributed by atoms with van der Waals surface area (Å²) in [6, 6.07) is 2.10. The van der Waals surface area contributed by atoms with Crippen molar-refractivity contribution in [1.29, 1.82) is 0 Å². The summed E-state index contributed by atoms with van der Waals surface area (Å²) in [5.74, 6) is -2.66. The van der Waals surface area contributed by atoms with Crippen LogP contribution in [-0.4, -0.2) is 42.0 Å². The van der Waals surface area contributed by atoms with Crippen LogP contribution in [0, 0.1) is 11.6 Å². The van der Waals surface area contributed by atoms with Crippen molar-refractivity contribution in [3.63, 3.8) is 0 Å². The summed E-state index contributed by atoms with van der Waals surface area (Å²) in [5, 5.41) is 11.5. The van der Waals surface area contributed by atoms with Gasteiger partial charge in [0.15, 0.2) is 0 Å². The Balaban J connectivity index is 3.00. The monoisotopic (exact) mass is 359 g/mol. The van der Waals surface area contributed by atoms with Crippen molar-refractivity contribution in [3.05, 3.63) is 35.4 Å². The fourth-order valence-corrected chi connectivity index (χ4v) is 2.28. The van der Waals surface area contributed by atoms with Gasteiger partial charge in [-0.2, -0.15) is 0 Å². The number of aliphatic carboxylic acids is 1. The molecule has 2 N–H and O–H groups in total. The molecule has 2 atom stereocenters. The van der Waals surface area contributed by atoms with E-state index >= 15 is 0 Å². The second-order valence-electron chi connectivity index (χ2n) is 6.61. The molecule has 0 saturated carbocycles. The zero-order chi connectivity index (χ0) is 19.2. The molecule has 1 amide bonds. The van der Waals surface area contributed by atoms with Crippen LogP contribution in [0.2, 0.25) is 0 Å². The van der Waals surface area contributed by atoms with E-state index in [9.17, 15) is 18.4 Å². The lowest BCUT2D eigenvalue weighted by Gasteiger charge is -2.28. The first kappa shape index (κ1) is 20.8. The molecular weight excluding hydrogens is 336 g/mol. The van der Waals surface area contributed by atoms with Gasteiger partial charge in [-0.1, -0.05) is 0 Å². The molecule has 0 heterocycles. The molecule has 1 aromatic rings. The number of carbonyl (C=O) groups excluding carboxylic acids is 1. The smallest absolute Gasteiger partial charge is 0.407 e. The summed E-state index contributed by atoms with van der Waals surface area (Å²) < 4.78 is 37.1. The van der Waals surface area contributed by atoms with Gasteiger partial charge in [-0.05, 0) is 44.9 Å². The molecule has 8 heteroatoms. The van der Waals surface area contributed by atoms with Crippen molar-refractivity contribution >= 4 is 12.1 Å². The van der Waals surface area contributed by atoms with E-state index in [1.165, 1.54) is 7.11 Å². The number of benzene rings is 1. The van der Waals surface area contributed by atoms with Crippen LogP contribution in [0.15, 0.2) is 18.2 Å². The fourth-order valence-electron chi connectivity index (χ4n) is 2.28. The van der Waals surface area contributed by atoms with E-state index in [0.717, 1.165) is 18.2 Å². The molecule has 0 saturated heterocycles. The number of halogens is 2. The van der Waals surface area contributed by atoms with Gasteiger partial charge in [-0.3, -0.25) is 4.79 Å². The van der Waals surface area contributed by atoms with Gasteiger partial charge in [-0.15, -0.1) is 0 Å².